The Hall–Kier alpha value is -0.790. The molecule has 1 heterocycles. The number of nitrogens with zero attached hydrogens (tertiary/aromatic N) is 1. The Bertz CT molecular complexity index is 168. The third-order valence-corrected chi connectivity index (χ3v) is 1.87. The lowest BCUT2D eigenvalue weighted by Crippen LogP contribution is -2.47. The molecule has 0 unspecified atom stereocenters. The zero-order valence-corrected chi connectivity index (χ0v) is 7.21. The molecule has 0 atom stereocenters. The zero-order valence-electron chi connectivity index (χ0n) is 7.21. The Balaban J connectivity index is 2.26. The van der Waals surface area contributed by atoms with E-state index in [0.29, 0.717) is 5.92 Å². The van der Waals surface area contributed by atoms with Crippen molar-refractivity contribution in [1.82, 2.24) is 4.90 Å². The van der Waals surface area contributed by atoms with Gasteiger partial charge in [0.2, 0.25) is 5.91 Å². The first-order valence-corrected chi connectivity index (χ1v) is 4.19. The van der Waals surface area contributed by atoms with Crippen LogP contribution in [0.25, 0.3) is 0 Å². The van der Waals surface area contributed by atoms with Crippen molar-refractivity contribution >= 4 is 5.91 Å². The maximum atomic E-state index is 11.2. The molecule has 1 aliphatic heterocycles. The third kappa shape index (κ3) is 2.07. The van der Waals surface area contributed by atoms with Crippen LogP contribution in [0.3, 0.4) is 0 Å². The summed E-state index contributed by atoms with van der Waals surface area (Å²) in [5, 5.41) is 0. The van der Waals surface area contributed by atoms with Crippen LogP contribution in [0.5, 0.6) is 0 Å². The molecule has 1 rings (SSSR count). The first kappa shape index (κ1) is 8.31. The summed E-state index contributed by atoms with van der Waals surface area (Å²) in [7, 11) is 0. The second-order valence-electron chi connectivity index (χ2n) is 3.16. The summed E-state index contributed by atoms with van der Waals surface area (Å²) in [6.45, 7) is 6.07. The molecule has 0 saturated carbocycles. The molecule has 0 spiro atoms. The van der Waals surface area contributed by atoms with Crippen molar-refractivity contribution in [1.29, 1.82) is 0 Å². The number of allylic oxidation sites excluding steroid dienone is 1. The van der Waals surface area contributed by atoms with Gasteiger partial charge in [-0.3, -0.25) is 4.79 Å². The van der Waals surface area contributed by atoms with Gasteiger partial charge < -0.3 is 4.90 Å². The average Bonchev–Trinajstić information content (AvgIpc) is 1.94. The molecule has 0 aromatic carbocycles. The van der Waals surface area contributed by atoms with Crippen molar-refractivity contribution in [3.63, 3.8) is 0 Å². The van der Waals surface area contributed by atoms with Crippen LogP contribution in [0, 0.1) is 5.92 Å². The molecule has 0 N–H and O–H groups in total. The van der Waals surface area contributed by atoms with Gasteiger partial charge in [-0.25, -0.2) is 0 Å². The van der Waals surface area contributed by atoms with Gasteiger partial charge in [0.25, 0.3) is 0 Å². The molecule has 2 heteroatoms. The predicted molar refractivity (Wildman–Crippen MR) is 45.2 cm³/mol. The van der Waals surface area contributed by atoms with Gasteiger partial charge in [-0.2, -0.15) is 0 Å². The van der Waals surface area contributed by atoms with E-state index < -0.39 is 0 Å². The predicted octanol–water partition coefficient (Wildman–Crippen LogP) is 1.43. The summed E-state index contributed by atoms with van der Waals surface area (Å²) in [6, 6.07) is 0. The minimum atomic E-state index is 0.171. The molecule has 0 aromatic rings. The molecular formula is C9H15NO. The summed E-state index contributed by atoms with van der Waals surface area (Å²) in [6.07, 6.45) is 4.52. The molecule has 62 valence electrons. The van der Waals surface area contributed by atoms with Crippen LogP contribution in [0.4, 0.5) is 0 Å². The highest BCUT2D eigenvalue weighted by Gasteiger charge is 2.24. The fraction of sp³-hybridized carbons (Fsp3) is 0.667. The van der Waals surface area contributed by atoms with E-state index in [1.807, 2.05) is 17.9 Å². The van der Waals surface area contributed by atoms with E-state index in [2.05, 4.69) is 6.92 Å². The number of carbonyl (C=O) groups is 1. The van der Waals surface area contributed by atoms with Gasteiger partial charge in [-0.05, 0) is 18.4 Å². The van der Waals surface area contributed by atoms with Gasteiger partial charge in [-0.15, -0.1) is 0 Å². The normalized spacial score (nSPS) is 18.9. The highest BCUT2D eigenvalue weighted by Crippen LogP contribution is 2.14. The lowest BCUT2D eigenvalue weighted by molar-refractivity contribution is -0.131. The van der Waals surface area contributed by atoms with E-state index in [9.17, 15) is 4.79 Å². The Morgan fingerprint density at radius 1 is 1.64 bits per heavy atom. The van der Waals surface area contributed by atoms with Gasteiger partial charge >= 0.3 is 0 Å². The summed E-state index contributed by atoms with van der Waals surface area (Å²) in [5.41, 5.74) is 0. The summed E-state index contributed by atoms with van der Waals surface area (Å²) in [4.78, 5) is 13.0. The Kier molecular flexibility index (Phi) is 2.69. The largest absolute Gasteiger partial charge is 0.339 e. The molecule has 1 fully saturated rings. The maximum Gasteiger partial charge on any atom is 0.246 e. The number of hydrogen-bond acceptors (Lipinski definition) is 1. The van der Waals surface area contributed by atoms with Crippen molar-refractivity contribution < 1.29 is 4.79 Å². The Morgan fingerprint density at radius 2 is 2.27 bits per heavy atom. The van der Waals surface area contributed by atoms with E-state index in [1.165, 1.54) is 0 Å². The van der Waals surface area contributed by atoms with Crippen LogP contribution >= 0.6 is 0 Å². The number of hydrogen-bond donors (Lipinski definition) is 0. The van der Waals surface area contributed by atoms with Crippen molar-refractivity contribution in [3.05, 3.63) is 12.2 Å². The molecule has 11 heavy (non-hydrogen) atoms. The quantitative estimate of drug-likeness (QED) is 0.549. The summed E-state index contributed by atoms with van der Waals surface area (Å²) >= 11 is 0. The van der Waals surface area contributed by atoms with Gasteiger partial charge in [0.1, 0.15) is 0 Å². The van der Waals surface area contributed by atoms with Crippen LogP contribution in [-0.4, -0.2) is 23.9 Å². The molecule has 1 saturated heterocycles. The minimum Gasteiger partial charge on any atom is -0.339 e. The van der Waals surface area contributed by atoms with Crippen LogP contribution in [-0.2, 0) is 4.79 Å². The third-order valence-electron chi connectivity index (χ3n) is 1.87. The van der Waals surface area contributed by atoms with E-state index in [1.54, 1.807) is 6.08 Å². The maximum absolute atomic E-state index is 11.2. The van der Waals surface area contributed by atoms with E-state index in [4.69, 9.17) is 0 Å². The molecule has 0 bridgehead atoms. The minimum absolute atomic E-state index is 0.171. The lowest BCUT2D eigenvalue weighted by Gasteiger charge is -2.36. The summed E-state index contributed by atoms with van der Waals surface area (Å²) < 4.78 is 0. The van der Waals surface area contributed by atoms with E-state index in [-0.39, 0.29) is 5.91 Å². The van der Waals surface area contributed by atoms with Gasteiger partial charge in [0.15, 0.2) is 0 Å². The van der Waals surface area contributed by atoms with Crippen LogP contribution < -0.4 is 0 Å². The number of likely N-dealkylation sites (tertiary alicyclic amines) is 1. The van der Waals surface area contributed by atoms with Crippen molar-refractivity contribution in [3.8, 4) is 0 Å². The van der Waals surface area contributed by atoms with Crippen LogP contribution in [0.2, 0.25) is 0 Å². The number of amides is 1. The SMILES string of the molecule is CC/C=C/C(=O)N1CC(C)C1. The standard InChI is InChI=1S/C9H15NO/c1-3-4-5-9(11)10-6-8(2)7-10/h4-5,8H,3,6-7H2,1-2H3/b5-4+. The lowest BCUT2D eigenvalue weighted by atomic mass is 10.0. The van der Waals surface area contributed by atoms with E-state index in [0.717, 1.165) is 19.5 Å². The Morgan fingerprint density at radius 3 is 2.73 bits per heavy atom. The first-order valence-electron chi connectivity index (χ1n) is 4.19. The highest BCUT2D eigenvalue weighted by molar-refractivity contribution is 5.88. The van der Waals surface area contributed by atoms with Gasteiger partial charge in [0.05, 0.1) is 0 Å². The summed E-state index contributed by atoms with van der Waals surface area (Å²) in [5.74, 6) is 0.874. The fourth-order valence-electron chi connectivity index (χ4n) is 1.20. The monoisotopic (exact) mass is 153 g/mol. The Labute approximate surface area is 67.9 Å². The van der Waals surface area contributed by atoms with E-state index >= 15 is 0 Å². The van der Waals surface area contributed by atoms with Crippen molar-refractivity contribution in [2.45, 2.75) is 20.3 Å². The van der Waals surface area contributed by atoms with Crippen LogP contribution in [0.1, 0.15) is 20.3 Å². The highest BCUT2D eigenvalue weighted by atomic mass is 16.2. The second-order valence-corrected chi connectivity index (χ2v) is 3.16. The number of rotatable bonds is 2. The zero-order chi connectivity index (χ0) is 8.27. The molecule has 1 amide bonds. The van der Waals surface area contributed by atoms with Crippen molar-refractivity contribution in [2.24, 2.45) is 5.92 Å². The smallest absolute Gasteiger partial charge is 0.246 e. The molecule has 0 radical (unpaired) electrons. The fourth-order valence-corrected chi connectivity index (χ4v) is 1.20. The topological polar surface area (TPSA) is 20.3 Å². The molecule has 2 nitrogen and oxygen atoms in total. The van der Waals surface area contributed by atoms with Gasteiger partial charge in [0, 0.05) is 13.1 Å². The van der Waals surface area contributed by atoms with Crippen LogP contribution in [0.15, 0.2) is 12.2 Å². The first-order chi connectivity index (χ1) is 5.24. The molecule has 1 aliphatic rings. The average molecular weight is 153 g/mol. The molecule has 0 aliphatic carbocycles. The molecule has 0 aromatic heterocycles. The number of carbonyl (C=O) groups excluding carboxylic acids is 1. The second kappa shape index (κ2) is 3.56. The van der Waals surface area contributed by atoms with Gasteiger partial charge in [-0.1, -0.05) is 19.9 Å². The van der Waals surface area contributed by atoms with Crippen molar-refractivity contribution in [2.75, 3.05) is 13.1 Å². The molecular weight excluding hydrogens is 138 g/mol.